The maximum absolute atomic E-state index is 3.84. The molecule has 1 radical (unpaired) electrons. The van der Waals surface area contributed by atoms with Crippen molar-refractivity contribution in [2.45, 2.75) is 163 Å². The molecule has 0 unspecified atom stereocenters. The Kier molecular flexibility index (Phi) is 14.1. The molecule has 0 N–H and O–H groups in total. The van der Waals surface area contributed by atoms with E-state index in [0.29, 0.717) is 29.7 Å². The maximum Gasteiger partial charge on any atom is 0.269 e. The number of hydrogen-bond donors (Lipinski definition) is 0. The van der Waals surface area contributed by atoms with Crippen molar-refractivity contribution < 1.29 is 26.9 Å². The van der Waals surface area contributed by atoms with E-state index < -0.39 is 0 Å². The molecule has 2 aromatic heterocycles. The molecule has 7 aromatic rings. The van der Waals surface area contributed by atoms with E-state index in [-0.39, 0.29) is 33.2 Å². The van der Waals surface area contributed by atoms with Gasteiger partial charge in [0, 0.05) is 50.2 Å². The second kappa shape index (κ2) is 18.4. The summed E-state index contributed by atoms with van der Waals surface area (Å²) in [7, 11) is 0. The Hall–Kier alpha value is -3.89. The summed E-state index contributed by atoms with van der Waals surface area (Å²) in [5.41, 5.74) is 16.4. The molecule has 0 spiro atoms. The molecule has 1 aliphatic rings. The number of imidazole rings is 1. The topological polar surface area (TPSA) is 13.7 Å². The van der Waals surface area contributed by atoms with Crippen molar-refractivity contribution in [3.8, 4) is 11.4 Å². The summed E-state index contributed by atoms with van der Waals surface area (Å²) in [6, 6.07) is 37.3. The first kappa shape index (κ1) is 46.6. The summed E-state index contributed by atoms with van der Waals surface area (Å²) < 4.78 is 7.29. The molecule has 0 saturated heterocycles. The van der Waals surface area contributed by atoms with Crippen molar-refractivity contribution in [1.29, 1.82) is 0 Å². The second-order valence-corrected chi connectivity index (χ2v) is 20.9. The molecule has 0 amide bonds. The van der Waals surface area contributed by atoms with Gasteiger partial charge in [-0.1, -0.05) is 183 Å². The Morgan fingerprint density at radius 1 is 0.557 bits per heavy atom. The zero-order chi connectivity index (χ0) is 43.3. The van der Waals surface area contributed by atoms with Gasteiger partial charge in [0.2, 0.25) is 0 Å². The third-order valence-electron chi connectivity index (χ3n) is 13.0. The Morgan fingerprint density at radius 2 is 1.00 bits per heavy atom. The number of fused-ring (bicyclic) bond motifs is 4. The van der Waals surface area contributed by atoms with Gasteiger partial charge in [-0.3, -0.25) is 9.13 Å². The van der Waals surface area contributed by atoms with Crippen molar-refractivity contribution >= 4 is 32.8 Å². The molecule has 61 heavy (non-hydrogen) atoms. The van der Waals surface area contributed by atoms with Gasteiger partial charge in [-0.2, -0.15) is 12.8 Å². The van der Waals surface area contributed by atoms with E-state index in [1.54, 1.807) is 0 Å². The van der Waals surface area contributed by atoms with Gasteiger partial charge < -0.3 is 11.0 Å². The third-order valence-corrected chi connectivity index (χ3v) is 13.0. The normalized spacial score (nSPS) is 14.1. The molecule has 2 heterocycles. The fourth-order valence-corrected chi connectivity index (χ4v) is 9.48. The zero-order valence-electron chi connectivity index (χ0n) is 39.7. The van der Waals surface area contributed by atoms with E-state index in [9.17, 15) is 0 Å². The summed E-state index contributed by atoms with van der Waals surface area (Å²) in [6.45, 7) is 32.1. The second-order valence-electron chi connectivity index (χ2n) is 20.9. The van der Waals surface area contributed by atoms with Crippen LogP contribution in [0.5, 0.6) is 0 Å². The zero-order valence-corrected chi connectivity index (χ0v) is 41.8. The molecule has 1 aliphatic carbocycles. The predicted molar refractivity (Wildman–Crippen MR) is 259 cm³/mol. The van der Waals surface area contributed by atoms with Crippen molar-refractivity contribution in [1.82, 2.24) is 9.13 Å². The smallest absolute Gasteiger partial charge is 0.269 e. The van der Waals surface area contributed by atoms with Crippen LogP contribution in [-0.4, -0.2) is 9.13 Å². The summed E-state index contributed by atoms with van der Waals surface area (Å²) in [5, 5.41) is 2.86. The fourth-order valence-electron chi connectivity index (χ4n) is 9.48. The molecule has 3 nitrogen and oxygen atoms in total. The molecule has 1 saturated carbocycles. The fraction of sp³-hybridized carbons (Fsp3) is 0.439. The van der Waals surface area contributed by atoms with E-state index >= 15 is 0 Å². The van der Waals surface area contributed by atoms with Crippen LogP contribution < -0.4 is 4.57 Å². The van der Waals surface area contributed by atoms with Crippen LogP contribution in [0.4, 0.5) is 0 Å². The number of benzene rings is 5. The standard InChI is InChI=1S/C31H38N2.C26H34N.Au/c1-20(2)24-13-11-14-25(21(3)4)30(24)32-19-33(29-18-10-9-17-28(29)32)31-26(22(5)6)15-12-16-27(31)23(7)8;1-25(2,3)18-12-14-23-21(16-18)22-17-19(26(4,5)6)13-15-24(22)27(23)20-10-8-7-9-11-20;/h9-18,20-23H,1-8H3;7,12-17,20H,8-11H2,1-6H3;/q;-1;. The SMILES string of the molecule is CC(C)(C)c1ccc2c(c1)c1cc(C(C)(C)C)ccc1n2C1CC[CH-]CC1.CC(C)c1cccc(C(C)C)c1-n1[c-][n+](-c2c(C(C)C)cccc2C(C)C)c2ccccc21.[Au]. The van der Waals surface area contributed by atoms with Gasteiger partial charge in [-0.05, 0) is 92.1 Å². The van der Waals surface area contributed by atoms with Gasteiger partial charge in [-0.15, -0.1) is 0 Å². The molecule has 8 rings (SSSR count). The molecule has 0 aliphatic heterocycles. The van der Waals surface area contributed by atoms with Gasteiger partial charge in [0.25, 0.3) is 6.33 Å². The Morgan fingerprint density at radius 3 is 1.44 bits per heavy atom. The van der Waals surface area contributed by atoms with Gasteiger partial charge >= 0.3 is 0 Å². The van der Waals surface area contributed by atoms with Gasteiger partial charge in [0.05, 0.1) is 22.4 Å². The molecule has 1 fully saturated rings. The van der Waals surface area contributed by atoms with Crippen molar-refractivity contribution in [3.63, 3.8) is 0 Å². The minimum absolute atomic E-state index is 0. The summed E-state index contributed by atoms with van der Waals surface area (Å²) >= 11 is 0. The van der Waals surface area contributed by atoms with Crippen molar-refractivity contribution in [2.75, 3.05) is 0 Å². The molecular formula is C57H72AuN3-. The molecule has 5 aromatic carbocycles. The average molecular weight is 996 g/mol. The van der Waals surface area contributed by atoms with Gasteiger partial charge in [0.1, 0.15) is 0 Å². The van der Waals surface area contributed by atoms with Crippen molar-refractivity contribution in [2.24, 2.45) is 0 Å². The van der Waals surface area contributed by atoms with Crippen LogP contribution >= 0.6 is 0 Å². The van der Waals surface area contributed by atoms with Crippen LogP contribution in [0.3, 0.4) is 0 Å². The maximum atomic E-state index is 3.84. The molecule has 0 bridgehead atoms. The van der Waals surface area contributed by atoms with Crippen LogP contribution in [0.1, 0.15) is 186 Å². The number of nitrogens with zero attached hydrogens (tertiary/aromatic N) is 3. The number of aromatic nitrogens is 3. The number of rotatable bonds is 7. The van der Waals surface area contributed by atoms with E-state index in [0.717, 1.165) is 0 Å². The molecule has 0 atom stereocenters. The van der Waals surface area contributed by atoms with Crippen LogP contribution in [0.25, 0.3) is 44.2 Å². The Labute approximate surface area is 384 Å². The monoisotopic (exact) mass is 996 g/mol. The van der Waals surface area contributed by atoms with E-state index in [1.807, 2.05) is 0 Å². The largest absolute Gasteiger partial charge is 0.338 e. The van der Waals surface area contributed by atoms with E-state index in [4.69, 9.17) is 0 Å². The summed E-state index contributed by atoms with van der Waals surface area (Å²) in [4.78, 5) is 0. The van der Waals surface area contributed by atoms with Gasteiger partial charge in [0.15, 0.2) is 0 Å². The Balaban J connectivity index is 0.000000204. The van der Waals surface area contributed by atoms with Crippen LogP contribution in [-0.2, 0) is 33.2 Å². The van der Waals surface area contributed by atoms with Gasteiger partial charge in [-0.25, -0.2) is 0 Å². The first-order valence-corrected chi connectivity index (χ1v) is 23.0. The van der Waals surface area contributed by atoms with Crippen LogP contribution in [0, 0.1) is 12.7 Å². The number of hydrogen-bond acceptors (Lipinski definition) is 0. The minimum atomic E-state index is 0. The first-order chi connectivity index (χ1) is 28.4. The molecular weight excluding hydrogens is 924 g/mol. The quantitative estimate of drug-likeness (QED) is 0.0858. The minimum Gasteiger partial charge on any atom is -0.338 e. The summed E-state index contributed by atoms with van der Waals surface area (Å²) in [6.07, 6.45) is 11.3. The van der Waals surface area contributed by atoms with E-state index in [1.165, 1.54) is 103 Å². The van der Waals surface area contributed by atoms with E-state index in [2.05, 4.69) is 220 Å². The predicted octanol–water partition coefficient (Wildman–Crippen LogP) is 15.9. The third kappa shape index (κ3) is 9.27. The summed E-state index contributed by atoms with van der Waals surface area (Å²) in [5.74, 6) is 1.71. The van der Waals surface area contributed by atoms with Crippen LogP contribution in [0.2, 0.25) is 0 Å². The van der Waals surface area contributed by atoms with Crippen molar-refractivity contribution in [3.05, 3.63) is 143 Å². The van der Waals surface area contributed by atoms with Crippen LogP contribution in [0.15, 0.2) is 97.1 Å². The Bertz CT molecular complexity index is 2390. The first-order valence-electron chi connectivity index (χ1n) is 23.0. The number of para-hydroxylation sites is 4. The average Bonchev–Trinajstić information content (AvgIpc) is 3.75. The molecule has 327 valence electrons. The molecule has 4 heteroatoms.